The van der Waals surface area contributed by atoms with Gasteiger partial charge in [-0.1, -0.05) is 33.1 Å². The lowest BCUT2D eigenvalue weighted by molar-refractivity contribution is -0.162. The molecule has 0 aromatic rings. The van der Waals surface area contributed by atoms with Crippen molar-refractivity contribution in [3.8, 4) is 0 Å². The van der Waals surface area contributed by atoms with E-state index in [-0.39, 0.29) is 5.78 Å². The maximum Gasteiger partial charge on any atom is 0.338 e. The molecule has 1 aliphatic carbocycles. The highest BCUT2D eigenvalue weighted by atomic mass is 16.8. The van der Waals surface area contributed by atoms with Gasteiger partial charge in [0.05, 0.1) is 5.92 Å². The van der Waals surface area contributed by atoms with Crippen LogP contribution in [-0.2, 0) is 19.1 Å². The van der Waals surface area contributed by atoms with Crippen molar-refractivity contribution >= 4 is 11.8 Å². The molecule has 1 saturated carbocycles. The Hall–Kier alpha value is -0.900. The molecule has 4 heteroatoms. The lowest BCUT2D eigenvalue weighted by Crippen LogP contribution is -2.38. The average Bonchev–Trinajstić information content (AvgIpc) is 2.69. The molecule has 2 rings (SSSR count). The van der Waals surface area contributed by atoms with Crippen molar-refractivity contribution in [2.75, 3.05) is 0 Å². The minimum Gasteiger partial charge on any atom is -0.432 e. The number of carbonyl (C=O) groups excluding carboxylic acids is 2. The molecular formula is C17H27O4. The molecule has 21 heavy (non-hydrogen) atoms. The smallest absolute Gasteiger partial charge is 0.338 e. The minimum atomic E-state index is -0.922. The standard InChI is InChI=1S/C17H27O4/c1-11(2)10-13(14(18)12-8-6-5-7-9-12)15-16(19)21-17(3,4)20-15/h11,13,15H,5-10H2,1-4H3/t13-,15-/m0/s1. The van der Waals surface area contributed by atoms with Crippen LogP contribution in [-0.4, -0.2) is 23.6 Å². The summed E-state index contributed by atoms with van der Waals surface area (Å²) in [5.74, 6) is -0.254. The Labute approximate surface area is 127 Å². The van der Waals surface area contributed by atoms with Crippen LogP contribution in [0.3, 0.4) is 0 Å². The Morgan fingerprint density at radius 1 is 1.24 bits per heavy atom. The molecule has 2 atom stereocenters. The minimum absolute atomic E-state index is 0.128. The zero-order valence-corrected chi connectivity index (χ0v) is 13.6. The van der Waals surface area contributed by atoms with Crippen LogP contribution >= 0.6 is 0 Å². The zero-order chi connectivity index (χ0) is 15.6. The van der Waals surface area contributed by atoms with E-state index >= 15 is 0 Å². The Bertz CT molecular complexity index is 394. The molecule has 0 spiro atoms. The fourth-order valence-corrected chi connectivity index (χ4v) is 3.29. The van der Waals surface area contributed by atoms with E-state index in [1.54, 1.807) is 13.8 Å². The Morgan fingerprint density at radius 2 is 1.86 bits per heavy atom. The fraction of sp³-hybridized carbons (Fsp3) is 0.824. The SMILES string of the molecule is CC(C)C[C@@H](C(=O)[C]1CCCCC1)[C@@H]1OC(C)(C)OC1=O. The molecule has 0 N–H and O–H groups in total. The van der Waals surface area contributed by atoms with Gasteiger partial charge in [0.25, 0.3) is 0 Å². The lowest BCUT2D eigenvalue weighted by Gasteiger charge is -2.28. The zero-order valence-electron chi connectivity index (χ0n) is 13.6. The van der Waals surface area contributed by atoms with Crippen molar-refractivity contribution in [2.45, 2.75) is 78.1 Å². The normalized spacial score (nSPS) is 27.7. The van der Waals surface area contributed by atoms with E-state index in [1.807, 2.05) is 0 Å². The fourth-order valence-electron chi connectivity index (χ4n) is 3.29. The van der Waals surface area contributed by atoms with E-state index in [2.05, 4.69) is 13.8 Å². The average molecular weight is 295 g/mol. The van der Waals surface area contributed by atoms with E-state index in [9.17, 15) is 9.59 Å². The summed E-state index contributed by atoms with van der Waals surface area (Å²) >= 11 is 0. The molecule has 0 aromatic carbocycles. The summed E-state index contributed by atoms with van der Waals surface area (Å²) in [6.45, 7) is 7.57. The summed E-state index contributed by atoms with van der Waals surface area (Å²) in [6, 6.07) is 0. The van der Waals surface area contributed by atoms with Gasteiger partial charge in [-0.15, -0.1) is 0 Å². The summed E-state index contributed by atoms with van der Waals surface area (Å²) < 4.78 is 11.0. The van der Waals surface area contributed by atoms with Gasteiger partial charge in [-0.2, -0.15) is 0 Å². The van der Waals surface area contributed by atoms with Crippen molar-refractivity contribution < 1.29 is 19.1 Å². The molecule has 1 radical (unpaired) electrons. The molecule has 1 heterocycles. The number of cyclic esters (lactones) is 1. The van der Waals surface area contributed by atoms with Crippen molar-refractivity contribution in [1.82, 2.24) is 0 Å². The van der Waals surface area contributed by atoms with Gasteiger partial charge < -0.3 is 9.47 Å². The Balaban J connectivity index is 2.14. The molecule has 1 saturated heterocycles. The van der Waals surface area contributed by atoms with E-state index in [0.29, 0.717) is 12.3 Å². The van der Waals surface area contributed by atoms with E-state index in [0.717, 1.165) is 31.6 Å². The lowest BCUT2D eigenvalue weighted by atomic mass is 9.77. The van der Waals surface area contributed by atoms with Crippen LogP contribution in [0.1, 0.15) is 66.2 Å². The van der Waals surface area contributed by atoms with E-state index in [4.69, 9.17) is 9.47 Å². The molecule has 2 fully saturated rings. The summed E-state index contributed by atoms with van der Waals surface area (Å²) in [4.78, 5) is 24.9. The highest BCUT2D eigenvalue weighted by Crippen LogP contribution is 2.36. The molecule has 119 valence electrons. The first kappa shape index (κ1) is 16.5. The molecule has 4 nitrogen and oxygen atoms in total. The van der Waals surface area contributed by atoms with Gasteiger partial charge in [-0.3, -0.25) is 4.79 Å². The summed E-state index contributed by atoms with van der Waals surface area (Å²) in [6.07, 6.45) is 5.02. The number of esters is 1. The summed E-state index contributed by atoms with van der Waals surface area (Å²) in [5, 5.41) is 0. The van der Waals surface area contributed by atoms with Gasteiger partial charge in [0.2, 0.25) is 5.79 Å². The summed E-state index contributed by atoms with van der Waals surface area (Å²) in [7, 11) is 0. The van der Waals surface area contributed by atoms with Gasteiger partial charge in [0.15, 0.2) is 6.10 Å². The maximum absolute atomic E-state index is 12.9. The third-order valence-electron chi connectivity index (χ3n) is 4.22. The second kappa shape index (κ2) is 6.47. The van der Waals surface area contributed by atoms with Crippen LogP contribution in [0, 0.1) is 17.8 Å². The molecule has 0 unspecified atom stereocenters. The van der Waals surface area contributed by atoms with Crippen LogP contribution in [0.25, 0.3) is 0 Å². The molecular weight excluding hydrogens is 268 g/mol. The third kappa shape index (κ3) is 4.06. The van der Waals surface area contributed by atoms with Gasteiger partial charge >= 0.3 is 5.97 Å². The second-order valence-electron chi connectivity index (χ2n) is 7.12. The number of Topliss-reactive ketones (excluding diaryl/α,β-unsaturated/α-hetero) is 1. The molecule has 0 aromatic heterocycles. The van der Waals surface area contributed by atoms with Gasteiger partial charge in [-0.05, 0) is 25.2 Å². The highest BCUT2D eigenvalue weighted by molar-refractivity contribution is 5.97. The predicted octanol–water partition coefficient (Wildman–Crippen LogP) is 3.43. The monoisotopic (exact) mass is 295 g/mol. The number of carbonyl (C=O) groups is 2. The largest absolute Gasteiger partial charge is 0.432 e. The van der Waals surface area contributed by atoms with Crippen LogP contribution in [0.15, 0.2) is 0 Å². The first-order valence-corrected chi connectivity index (χ1v) is 8.10. The molecule has 2 aliphatic rings. The van der Waals surface area contributed by atoms with Crippen LogP contribution < -0.4 is 0 Å². The van der Waals surface area contributed by atoms with Crippen LogP contribution in [0.2, 0.25) is 0 Å². The van der Waals surface area contributed by atoms with E-state index < -0.39 is 23.8 Å². The number of hydrogen-bond acceptors (Lipinski definition) is 4. The Kier molecular flexibility index (Phi) is 5.07. The molecule has 0 bridgehead atoms. The Morgan fingerprint density at radius 3 is 2.33 bits per heavy atom. The third-order valence-corrected chi connectivity index (χ3v) is 4.22. The second-order valence-corrected chi connectivity index (χ2v) is 7.12. The summed E-state index contributed by atoms with van der Waals surface area (Å²) in [5.41, 5.74) is 0. The van der Waals surface area contributed by atoms with Crippen LogP contribution in [0.4, 0.5) is 0 Å². The number of ketones is 1. The quantitative estimate of drug-likeness (QED) is 0.729. The highest BCUT2D eigenvalue weighted by Gasteiger charge is 2.48. The van der Waals surface area contributed by atoms with Crippen LogP contribution in [0.5, 0.6) is 0 Å². The number of rotatable bonds is 5. The first-order valence-electron chi connectivity index (χ1n) is 8.10. The van der Waals surface area contributed by atoms with E-state index in [1.165, 1.54) is 6.42 Å². The molecule has 1 aliphatic heterocycles. The topological polar surface area (TPSA) is 52.6 Å². The van der Waals surface area contributed by atoms with Crippen molar-refractivity contribution in [2.24, 2.45) is 11.8 Å². The van der Waals surface area contributed by atoms with Gasteiger partial charge in [-0.25, -0.2) is 4.79 Å². The van der Waals surface area contributed by atoms with Crippen molar-refractivity contribution in [3.63, 3.8) is 0 Å². The van der Waals surface area contributed by atoms with Crippen molar-refractivity contribution in [3.05, 3.63) is 5.92 Å². The van der Waals surface area contributed by atoms with Gasteiger partial charge in [0, 0.05) is 19.8 Å². The maximum atomic E-state index is 12.9. The first-order chi connectivity index (χ1) is 9.80. The number of ether oxygens (including phenoxy) is 2. The number of hydrogen-bond donors (Lipinski definition) is 0. The van der Waals surface area contributed by atoms with Gasteiger partial charge in [0.1, 0.15) is 5.78 Å². The molecule has 0 amide bonds. The van der Waals surface area contributed by atoms with Crippen molar-refractivity contribution in [1.29, 1.82) is 0 Å². The predicted molar refractivity (Wildman–Crippen MR) is 79.3 cm³/mol.